The molecule has 5 atom stereocenters. The number of fused-ring (bicyclic) bond motifs is 1. The first-order valence-corrected chi connectivity index (χ1v) is 4.71. The van der Waals surface area contributed by atoms with Crippen LogP contribution in [0.15, 0.2) is 0 Å². The zero-order chi connectivity index (χ0) is 10.5. The van der Waals surface area contributed by atoms with Crippen LogP contribution < -0.4 is 0 Å². The minimum atomic E-state index is -1.39. The number of hydrogen-bond acceptors (Lipinski definition) is 5. The van der Waals surface area contributed by atoms with E-state index in [2.05, 4.69) is 0 Å². The first kappa shape index (κ1) is 9.89. The van der Waals surface area contributed by atoms with Gasteiger partial charge >= 0.3 is 5.97 Å². The molecule has 0 bridgehead atoms. The lowest BCUT2D eigenvalue weighted by Gasteiger charge is -2.29. The third kappa shape index (κ3) is 1.03. The number of rotatable bonds is 1. The largest absolute Gasteiger partial charge is 0.459 e. The lowest BCUT2D eigenvalue weighted by Crippen LogP contribution is -2.44. The Morgan fingerprint density at radius 2 is 2.29 bits per heavy atom. The SMILES string of the molecule is C[C@H]1[C@H](O)[C@@H]2OC(=O)C[C@@H]2[C@]1(O)CO. The molecular weight excluding hydrogens is 188 g/mol. The summed E-state index contributed by atoms with van der Waals surface area (Å²) in [5.41, 5.74) is -1.39. The van der Waals surface area contributed by atoms with E-state index in [1.165, 1.54) is 0 Å². The predicted octanol–water partition coefficient (Wildman–Crippen LogP) is -1.35. The molecule has 1 aliphatic heterocycles. The normalized spacial score (nSPS) is 51.9. The summed E-state index contributed by atoms with van der Waals surface area (Å²) in [6.45, 7) is 1.19. The molecule has 0 aromatic heterocycles. The van der Waals surface area contributed by atoms with Crippen molar-refractivity contribution in [1.82, 2.24) is 0 Å². The highest BCUT2D eigenvalue weighted by Crippen LogP contribution is 2.47. The summed E-state index contributed by atoms with van der Waals surface area (Å²) in [5.74, 6) is -1.38. The lowest BCUT2D eigenvalue weighted by molar-refractivity contribution is -0.146. The van der Waals surface area contributed by atoms with Gasteiger partial charge in [-0.1, -0.05) is 6.92 Å². The Labute approximate surface area is 81.3 Å². The number of carbonyl (C=O) groups excluding carboxylic acids is 1. The van der Waals surface area contributed by atoms with Crippen molar-refractivity contribution in [2.24, 2.45) is 11.8 Å². The molecule has 0 aromatic carbocycles. The lowest BCUT2D eigenvalue weighted by atomic mass is 9.84. The molecule has 5 heteroatoms. The summed E-state index contributed by atoms with van der Waals surface area (Å²) >= 11 is 0. The van der Waals surface area contributed by atoms with Gasteiger partial charge < -0.3 is 20.1 Å². The second-order valence-corrected chi connectivity index (χ2v) is 4.19. The molecule has 3 N–H and O–H groups in total. The smallest absolute Gasteiger partial charge is 0.306 e. The molecule has 1 heterocycles. The minimum absolute atomic E-state index is 0.0725. The molecule has 5 nitrogen and oxygen atoms in total. The maximum atomic E-state index is 11.0. The van der Waals surface area contributed by atoms with Gasteiger partial charge in [-0.3, -0.25) is 4.79 Å². The Hall–Kier alpha value is -0.650. The Morgan fingerprint density at radius 3 is 2.86 bits per heavy atom. The fourth-order valence-electron chi connectivity index (χ4n) is 2.53. The third-order valence-corrected chi connectivity index (χ3v) is 3.58. The number of aliphatic hydroxyl groups excluding tert-OH is 2. The van der Waals surface area contributed by atoms with Gasteiger partial charge in [0.2, 0.25) is 0 Å². The van der Waals surface area contributed by atoms with Gasteiger partial charge in [-0.2, -0.15) is 0 Å². The van der Waals surface area contributed by atoms with E-state index in [9.17, 15) is 15.0 Å². The molecule has 1 aliphatic carbocycles. The van der Waals surface area contributed by atoms with Crippen molar-refractivity contribution in [3.63, 3.8) is 0 Å². The summed E-state index contributed by atoms with van der Waals surface area (Å²) in [4.78, 5) is 11.0. The van der Waals surface area contributed by atoms with Gasteiger partial charge in [0.15, 0.2) is 0 Å². The van der Waals surface area contributed by atoms with Crippen LogP contribution in [0.2, 0.25) is 0 Å². The monoisotopic (exact) mass is 202 g/mol. The van der Waals surface area contributed by atoms with Crippen LogP contribution in [0.25, 0.3) is 0 Å². The topological polar surface area (TPSA) is 87.0 Å². The summed E-state index contributed by atoms with van der Waals surface area (Å²) in [6, 6.07) is 0. The maximum absolute atomic E-state index is 11.0. The zero-order valence-electron chi connectivity index (χ0n) is 7.88. The van der Waals surface area contributed by atoms with Crippen molar-refractivity contribution < 1.29 is 24.9 Å². The highest BCUT2D eigenvalue weighted by molar-refractivity contribution is 5.73. The van der Waals surface area contributed by atoms with Crippen LogP contribution in [0.3, 0.4) is 0 Å². The van der Waals surface area contributed by atoms with Crippen molar-refractivity contribution in [2.45, 2.75) is 31.2 Å². The van der Waals surface area contributed by atoms with Crippen LogP contribution in [-0.2, 0) is 9.53 Å². The van der Waals surface area contributed by atoms with Crippen molar-refractivity contribution in [1.29, 1.82) is 0 Å². The van der Waals surface area contributed by atoms with Gasteiger partial charge in [0.05, 0.1) is 24.7 Å². The molecule has 2 fully saturated rings. The van der Waals surface area contributed by atoms with Crippen molar-refractivity contribution in [3.8, 4) is 0 Å². The highest BCUT2D eigenvalue weighted by Gasteiger charge is 2.62. The van der Waals surface area contributed by atoms with E-state index in [1.54, 1.807) is 6.92 Å². The molecule has 0 spiro atoms. The quantitative estimate of drug-likeness (QED) is 0.458. The average molecular weight is 202 g/mol. The molecule has 0 unspecified atom stereocenters. The number of aliphatic hydroxyl groups is 3. The van der Waals surface area contributed by atoms with Crippen molar-refractivity contribution in [2.75, 3.05) is 6.61 Å². The van der Waals surface area contributed by atoms with E-state index < -0.39 is 42.2 Å². The average Bonchev–Trinajstić information content (AvgIpc) is 2.62. The van der Waals surface area contributed by atoms with Gasteiger partial charge in [-0.05, 0) is 0 Å². The van der Waals surface area contributed by atoms with Gasteiger partial charge in [-0.15, -0.1) is 0 Å². The fraction of sp³-hybridized carbons (Fsp3) is 0.889. The molecule has 0 aromatic rings. The van der Waals surface area contributed by atoms with E-state index in [1.807, 2.05) is 0 Å². The Morgan fingerprint density at radius 1 is 1.64 bits per heavy atom. The zero-order valence-corrected chi connectivity index (χ0v) is 7.88. The standard InChI is InChI=1S/C9H14O5/c1-4-7(12)8-5(2-6(11)14-8)9(4,13)3-10/h4-5,7-8,10,12-13H,2-3H2,1H3/t4-,5-,7-,8+,9-/m0/s1. The molecule has 0 amide bonds. The Bertz CT molecular complexity index is 266. The molecule has 0 radical (unpaired) electrons. The van der Waals surface area contributed by atoms with E-state index >= 15 is 0 Å². The van der Waals surface area contributed by atoms with Gasteiger partial charge in [0.1, 0.15) is 6.10 Å². The van der Waals surface area contributed by atoms with Crippen LogP contribution in [0, 0.1) is 11.8 Å². The molecule has 14 heavy (non-hydrogen) atoms. The second-order valence-electron chi connectivity index (χ2n) is 4.19. The van der Waals surface area contributed by atoms with Crippen LogP contribution in [0.4, 0.5) is 0 Å². The van der Waals surface area contributed by atoms with E-state index in [4.69, 9.17) is 9.84 Å². The van der Waals surface area contributed by atoms with Gasteiger partial charge in [-0.25, -0.2) is 0 Å². The number of ether oxygens (including phenoxy) is 1. The summed E-state index contributed by atoms with van der Waals surface area (Å²) in [7, 11) is 0. The highest BCUT2D eigenvalue weighted by atomic mass is 16.6. The predicted molar refractivity (Wildman–Crippen MR) is 45.2 cm³/mol. The Balaban J connectivity index is 2.31. The molecule has 2 rings (SSSR count). The van der Waals surface area contributed by atoms with Crippen LogP contribution >= 0.6 is 0 Å². The van der Waals surface area contributed by atoms with Gasteiger partial charge in [0.25, 0.3) is 0 Å². The maximum Gasteiger partial charge on any atom is 0.306 e. The number of esters is 1. The fourth-order valence-corrected chi connectivity index (χ4v) is 2.53. The minimum Gasteiger partial charge on any atom is -0.459 e. The van der Waals surface area contributed by atoms with Crippen LogP contribution in [-0.4, -0.2) is 45.7 Å². The number of hydrogen-bond donors (Lipinski definition) is 3. The first-order valence-electron chi connectivity index (χ1n) is 4.71. The molecule has 1 saturated carbocycles. The third-order valence-electron chi connectivity index (χ3n) is 3.58. The summed E-state index contributed by atoms with van der Waals surface area (Å²) in [5, 5.41) is 28.9. The summed E-state index contributed by atoms with van der Waals surface area (Å²) < 4.78 is 4.91. The van der Waals surface area contributed by atoms with Crippen LogP contribution in [0.1, 0.15) is 13.3 Å². The molecule has 2 aliphatic rings. The van der Waals surface area contributed by atoms with E-state index in [-0.39, 0.29) is 6.42 Å². The Kier molecular flexibility index (Phi) is 2.06. The second kappa shape index (κ2) is 2.92. The van der Waals surface area contributed by atoms with Gasteiger partial charge in [0, 0.05) is 11.8 Å². The first-order chi connectivity index (χ1) is 6.50. The molecule has 80 valence electrons. The van der Waals surface area contributed by atoms with E-state index in [0.29, 0.717) is 0 Å². The molecular formula is C9H14O5. The molecule has 1 saturated heterocycles. The summed E-state index contributed by atoms with van der Waals surface area (Å²) in [6.07, 6.45) is -1.47. The van der Waals surface area contributed by atoms with E-state index in [0.717, 1.165) is 0 Å². The van der Waals surface area contributed by atoms with Crippen molar-refractivity contribution in [3.05, 3.63) is 0 Å². The van der Waals surface area contributed by atoms with Crippen LogP contribution in [0.5, 0.6) is 0 Å². The van der Waals surface area contributed by atoms with Crippen molar-refractivity contribution >= 4 is 5.97 Å². The number of carbonyl (C=O) groups is 1.